The van der Waals surface area contributed by atoms with Crippen LogP contribution in [0.4, 0.5) is 5.69 Å². The number of hydrogen-bond donors (Lipinski definition) is 0. The van der Waals surface area contributed by atoms with Gasteiger partial charge in [-0.1, -0.05) is 41.9 Å². The van der Waals surface area contributed by atoms with E-state index in [1.54, 1.807) is 30.3 Å². The average Bonchev–Trinajstić information content (AvgIpc) is 3.16. The van der Waals surface area contributed by atoms with Gasteiger partial charge in [-0.3, -0.25) is 14.9 Å². The molecule has 1 aromatic heterocycles. The van der Waals surface area contributed by atoms with Crippen LogP contribution in [-0.2, 0) is 4.74 Å². The molecule has 0 unspecified atom stereocenters. The van der Waals surface area contributed by atoms with Crippen molar-refractivity contribution in [1.82, 2.24) is 0 Å². The molecule has 3 aromatic rings. The molecule has 0 saturated carbocycles. The van der Waals surface area contributed by atoms with Gasteiger partial charge >= 0.3 is 5.97 Å². The number of benzene rings is 2. The fourth-order valence-corrected chi connectivity index (χ4v) is 2.59. The third-order valence-electron chi connectivity index (χ3n) is 3.67. The van der Waals surface area contributed by atoms with Crippen molar-refractivity contribution in [1.29, 1.82) is 0 Å². The van der Waals surface area contributed by atoms with Gasteiger partial charge in [-0.05, 0) is 18.2 Å². The largest absolute Gasteiger partial charge is 0.451 e. The first kappa shape index (κ1) is 18.3. The maximum atomic E-state index is 12.1. The standard InChI is InChI=1S/C19H12ClNO6/c20-15-10-13(21(24)25)6-7-14(15)17-8-9-18(27-17)19(23)26-11-16(22)12-4-2-1-3-5-12/h1-10H,11H2. The molecule has 0 bridgehead atoms. The Morgan fingerprint density at radius 2 is 1.81 bits per heavy atom. The van der Waals surface area contributed by atoms with Crippen LogP contribution in [-0.4, -0.2) is 23.3 Å². The first-order chi connectivity index (χ1) is 13.0. The number of rotatable bonds is 6. The number of hydrogen-bond acceptors (Lipinski definition) is 6. The molecule has 0 amide bonds. The second-order valence-corrected chi connectivity index (χ2v) is 5.86. The number of ketones is 1. The minimum Gasteiger partial charge on any atom is -0.451 e. The summed E-state index contributed by atoms with van der Waals surface area (Å²) in [5, 5.41) is 10.9. The highest BCUT2D eigenvalue weighted by molar-refractivity contribution is 6.33. The van der Waals surface area contributed by atoms with Crippen molar-refractivity contribution in [2.24, 2.45) is 0 Å². The van der Waals surface area contributed by atoms with E-state index in [4.69, 9.17) is 20.8 Å². The summed E-state index contributed by atoms with van der Waals surface area (Å²) >= 11 is 6.04. The molecule has 0 spiro atoms. The zero-order valence-electron chi connectivity index (χ0n) is 13.8. The highest BCUT2D eigenvalue weighted by Gasteiger charge is 2.18. The molecule has 0 aliphatic carbocycles. The van der Waals surface area contributed by atoms with E-state index in [-0.39, 0.29) is 28.0 Å². The molecule has 0 saturated heterocycles. The molecule has 2 aromatic carbocycles. The zero-order chi connectivity index (χ0) is 19.4. The smallest absolute Gasteiger partial charge is 0.374 e. The van der Waals surface area contributed by atoms with Gasteiger partial charge in [-0.2, -0.15) is 0 Å². The predicted molar refractivity (Wildman–Crippen MR) is 96.9 cm³/mol. The first-order valence-corrected chi connectivity index (χ1v) is 8.13. The van der Waals surface area contributed by atoms with Gasteiger partial charge < -0.3 is 9.15 Å². The topological polar surface area (TPSA) is 99.7 Å². The fraction of sp³-hybridized carbons (Fsp3) is 0.0526. The number of nitro groups is 1. The highest BCUT2D eigenvalue weighted by Crippen LogP contribution is 2.32. The summed E-state index contributed by atoms with van der Waals surface area (Å²) < 4.78 is 10.4. The molecule has 8 heteroatoms. The minimum absolute atomic E-state index is 0.109. The van der Waals surface area contributed by atoms with Crippen LogP contribution in [0.25, 0.3) is 11.3 Å². The second-order valence-electron chi connectivity index (χ2n) is 5.45. The van der Waals surface area contributed by atoms with Gasteiger partial charge in [0.2, 0.25) is 5.76 Å². The summed E-state index contributed by atoms with van der Waals surface area (Å²) in [5.41, 5.74) is 0.666. The van der Waals surface area contributed by atoms with E-state index in [0.717, 1.165) is 0 Å². The van der Waals surface area contributed by atoms with Crippen LogP contribution in [0.1, 0.15) is 20.9 Å². The van der Waals surface area contributed by atoms with Gasteiger partial charge in [0.1, 0.15) is 5.76 Å². The summed E-state index contributed by atoms with van der Waals surface area (Å²) in [6, 6.07) is 15.2. The number of carbonyl (C=O) groups excluding carboxylic acids is 2. The van der Waals surface area contributed by atoms with Crippen molar-refractivity contribution in [2.45, 2.75) is 0 Å². The van der Waals surface area contributed by atoms with E-state index in [1.165, 1.54) is 30.3 Å². The Bertz CT molecular complexity index is 1010. The van der Waals surface area contributed by atoms with Crippen LogP contribution >= 0.6 is 11.6 Å². The van der Waals surface area contributed by atoms with E-state index in [2.05, 4.69) is 0 Å². The molecule has 0 fully saturated rings. The summed E-state index contributed by atoms with van der Waals surface area (Å²) in [5.74, 6) is -1.01. The number of ether oxygens (including phenoxy) is 1. The van der Waals surface area contributed by atoms with E-state index >= 15 is 0 Å². The van der Waals surface area contributed by atoms with Gasteiger partial charge in [-0.15, -0.1) is 0 Å². The maximum absolute atomic E-state index is 12.1. The molecular weight excluding hydrogens is 374 g/mol. The molecule has 0 atom stereocenters. The van der Waals surface area contributed by atoms with Crippen molar-refractivity contribution < 1.29 is 23.7 Å². The highest BCUT2D eigenvalue weighted by atomic mass is 35.5. The lowest BCUT2D eigenvalue weighted by atomic mass is 10.1. The quantitative estimate of drug-likeness (QED) is 0.267. The predicted octanol–water partition coefficient (Wildman–Crippen LogP) is 4.55. The Labute approximate surface area is 158 Å². The van der Waals surface area contributed by atoms with Crippen LogP contribution in [0.3, 0.4) is 0 Å². The molecule has 27 heavy (non-hydrogen) atoms. The van der Waals surface area contributed by atoms with E-state index < -0.39 is 17.5 Å². The van der Waals surface area contributed by atoms with Gasteiger partial charge in [0.25, 0.3) is 5.69 Å². The SMILES string of the molecule is O=C(COC(=O)c1ccc(-c2ccc([N+](=O)[O-])cc2Cl)o1)c1ccccc1. The molecule has 0 N–H and O–H groups in total. The third-order valence-corrected chi connectivity index (χ3v) is 3.98. The summed E-state index contributed by atoms with van der Waals surface area (Å²) in [6.45, 7) is -0.419. The molecular formula is C19H12ClNO6. The molecule has 3 rings (SSSR count). The Kier molecular flexibility index (Phi) is 5.33. The molecule has 0 aliphatic rings. The average molecular weight is 386 g/mol. The maximum Gasteiger partial charge on any atom is 0.374 e. The number of esters is 1. The Morgan fingerprint density at radius 1 is 1.07 bits per heavy atom. The van der Waals surface area contributed by atoms with E-state index in [1.807, 2.05) is 0 Å². The Morgan fingerprint density at radius 3 is 2.48 bits per heavy atom. The normalized spacial score (nSPS) is 10.4. The minimum atomic E-state index is -0.802. The van der Waals surface area contributed by atoms with Crippen LogP contribution < -0.4 is 0 Å². The number of nitrogens with zero attached hydrogens (tertiary/aromatic N) is 1. The van der Waals surface area contributed by atoms with Crippen LogP contribution in [0.2, 0.25) is 5.02 Å². The van der Waals surface area contributed by atoms with Crippen LogP contribution in [0.15, 0.2) is 65.1 Å². The van der Waals surface area contributed by atoms with Gasteiger partial charge in [0, 0.05) is 23.3 Å². The number of Topliss-reactive ketones (excluding diaryl/α,β-unsaturated/α-hetero) is 1. The van der Waals surface area contributed by atoms with Crippen molar-refractivity contribution in [2.75, 3.05) is 6.61 Å². The fourth-order valence-electron chi connectivity index (χ4n) is 2.32. The Balaban J connectivity index is 1.69. The molecule has 1 heterocycles. The van der Waals surface area contributed by atoms with E-state index in [9.17, 15) is 19.7 Å². The van der Waals surface area contributed by atoms with Crippen molar-refractivity contribution in [3.05, 3.63) is 87.1 Å². The van der Waals surface area contributed by atoms with Crippen LogP contribution in [0, 0.1) is 10.1 Å². The zero-order valence-corrected chi connectivity index (χ0v) is 14.5. The number of non-ortho nitro benzene ring substituents is 1. The Hall–Kier alpha value is -3.45. The lowest BCUT2D eigenvalue weighted by Crippen LogP contribution is -2.13. The van der Waals surface area contributed by atoms with Crippen molar-refractivity contribution in [3.8, 4) is 11.3 Å². The molecule has 0 aliphatic heterocycles. The lowest BCUT2D eigenvalue weighted by molar-refractivity contribution is -0.384. The number of halogens is 1. The number of nitro benzene ring substituents is 1. The lowest BCUT2D eigenvalue weighted by Gasteiger charge is -2.03. The summed E-state index contributed by atoms with van der Waals surface area (Å²) in [7, 11) is 0. The molecule has 136 valence electrons. The number of carbonyl (C=O) groups is 2. The van der Waals surface area contributed by atoms with E-state index in [0.29, 0.717) is 11.1 Å². The van der Waals surface area contributed by atoms with Gasteiger partial charge in [0.05, 0.1) is 9.95 Å². The third kappa shape index (κ3) is 4.21. The van der Waals surface area contributed by atoms with Gasteiger partial charge in [-0.25, -0.2) is 4.79 Å². The second kappa shape index (κ2) is 7.84. The summed E-state index contributed by atoms with van der Waals surface area (Å²) in [4.78, 5) is 34.2. The number of furan rings is 1. The molecule has 0 radical (unpaired) electrons. The monoisotopic (exact) mass is 385 g/mol. The van der Waals surface area contributed by atoms with Crippen molar-refractivity contribution in [3.63, 3.8) is 0 Å². The van der Waals surface area contributed by atoms with Gasteiger partial charge in [0.15, 0.2) is 12.4 Å². The first-order valence-electron chi connectivity index (χ1n) is 7.75. The van der Waals surface area contributed by atoms with Crippen LogP contribution in [0.5, 0.6) is 0 Å². The summed E-state index contributed by atoms with van der Waals surface area (Å²) in [6.07, 6.45) is 0. The molecule has 7 nitrogen and oxygen atoms in total. The van der Waals surface area contributed by atoms with Crippen molar-refractivity contribution >= 4 is 29.0 Å².